The molecule has 2 amide bonds. The largest absolute Gasteiger partial charge is 0.493 e. The van der Waals surface area contributed by atoms with Crippen LogP contribution in [0.5, 0.6) is 5.75 Å². The molecule has 7 nitrogen and oxygen atoms in total. The van der Waals surface area contributed by atoms with Crippen LogP contribution in [0.1, 0.15) is 21.5 Å². The van der Waals surface area contributed by atoms with E-state index in [1.165, 1.54) is 16.9 Å². The normalized spacial score (nSPS) is 16.0. The van der Waals surface area contributed by atoms with Crippen molar-refractivity contribution < 1.29 is 14.3 Å². The van der Waals surface area contributed by atoms with Crippen LogP contribution in [0.2, 0.25) is 0 Å². The lowest BCUT2D eigenvalue weighted by atomic mass is 10.1. The average Bonchev–Trinajstić information content (AvgIpc) is 3.41. The number of thiazole rings is 1. The molecule has 2 aliphatic rings. The molecule has 0 spiro atoms. The molecule has 0 bridgehead atoms. The third-order valence-corrected chi connectivity index (χ3v) is 6.51. The zero-order chi connectivity index (χ0) is 21.4. The van der Waals surface area contributed by atoms with E-state index < -0.39 is 0 Å². The molecule has 1 aromatic heterocycles. The van der Waals surface area contributed by atoms with Crippen LogP contribution >= 0.6 is 11.3 Å². The molecular weight excluding hydrogens is 412 g/mol. The topological polar surface area (TPSA) is 88.8 Å². The van der Waals surface area contributed by atoms with Crippen LogP contribution in [0.4, 0.5) is 5.13 Å². The molecule has 2 aliphatic heterocycles. The minimum Gasteiger partial charge on any atom is -0.493 e. The second-order valence-corrected chi connectivity index (χ2v) is 8.71. The quantitative estimate of drug-likeness (QED) is 0.641. The summed E-state index contributed by atoms with van der Waals surface area (Å²) in [4.78, 5) is 33.3. The predicted molar refractivity (Wildman–Crippen MR) is 121 cm³/mol. The molecule has 8 heteroatoms. The fourth-order valence-corrected chi connectivity index (χ4v) is 4.74. The second kappa shape index (κ2) is 8.03. The number of amides is 2. The van der Waals surface area contributed by atoms with Gasteiger partial charge in [0.15, 0.2) is 5.13 Å². The molecule has 1 saturated heterocycles. The fourth-order valence-electron chi connectivity index (χ4n) is 3.97. The monoisotopic (exact) mass is 434 g/mol. The van der Waals surface area contributed by atoms with E-state index in [9.17, 15) is 9.59 Å². The highest BCUT2D eigenvalue weighted by molar-refractivity contribution is 7.22. The summed E-state index contributed by atoms with van der Waals surface area (Å²) in [6, 6.07) is 11.4. The first-order chi connectivity index (χ1) is 15.1. The molecule has 31 heavy (non-hydrogen) atoms. The number of rotatable bonds is 3. The summed E-state index contributed by atoms with van der Waals surface area (Å²) in [7, 11) is 0. The summed E-state index contributed by atoms with van der Waals surface area (Å²) in [5.41, 5.74) is 9.35. The summed E-state index contributed by atoms with van der Waals surface area (Å²) in [6.45, 7) is 2.77. The molecule has 3 aromatic rings. The number of aromatic nitrogens is 1. The smallest absolute Gasteiger partial charge is 0.254 e. The van der Waals surface area contributed by atoms with Crippen molar-refractivity contribution >= 4 is 44.6 Å². The molecule has 0 atom stereocenters. The van der Waals surface area contributed by atoms with Gasteiger partial charge in [-0.2, -0.15) is 0 Å². The number of nitrogens with two attached hydrogens (primary N) is 1. The van der Waals surface area contributed by atoms with E-state index in [4.69, 9.17) is 10.5 Å². The summed E-state index contributed by atoms with van der Waals surface area (Å²) >= 11 is 1.37. The minimum atomic E-state index is -0.0367. The first-order valence-corrected chi connectivity index (χ1v) is 11.1. The van der Waals surface area contributed by atoms with Crippen molar-refractivity contribution in [3.63, 3.8) is 0 Å². The molecule has 2 aromatic carbocycles. The van der Waals surface area contributed by atoms with Gasteiger partial charge in [0.2, 0.25) is 5.91 Å². The number of carbonyl (C=O) groups excluding carboxylic acids is 2. The number of hydrogen-bond acceptors (Lipinski definition) is 6. The summed E-state index contributed by atoms with van der Waals surface area (Å²) in [5, 5.41) is 0.494. The first kappa shape index (κ1) is 19.6. The van der Waals surface area contributed by atoms with E-state index in [1.54, 1.807) is 21.9 Å². The summed E-state index contributed by atoms with van der Waals surface area (Å²) < 4.78 is 6.42. The number of piperazine rings is 1. The van der Waals surface area contributed by atoms with Crippen molar-refractivity contribution in [1.29, 1.82) is 0 Å². The van der Waals surface area contributed by atoms with E-state index in [1.807, 2.05) is 30.3 Å². The maximum Gasteiger partial charge on any atom is 0.254 e. The van der Waals surface area contributed by atoms with Crippen molar-refractivity contribution in [2.75, 3.05) is 38.5 Å². The lowest BCUT2D eigenvalue weighted by molar-refractivity contribution is -0.127. The average molecular weight is 435 g/mol. The number of fused-ring (bicyclic) bond motifs is 2. The highest BCUT2D eigenvalue weighted by Gasteiger charge is 2.24. The van der Waals surface area contributed by atoms with Crippen LogP contribution in [-0.2, 0) is 11.2 Å². The van der Waals surface area contributed by atoms with E-state index >= 15 is 0 Å². The maximum absolute atomic E-state index is 12.9. The summed E-state index contributed by atoms with van der Waals surface area (Å²) in [5.74, 6) is 0.865. The number of anilines is 1. The molecule has 0 aliphatic carbocycles. The van der Waals surface area contributed by atoms with Gasteiger partial charge in [0.25, 0.3) is 5.91 Å². The van der Waals surface area contributed by atoms with Gasteiger partial charge in [-0.15, -0.1) is 0 Å². The first-order valence-electron chi connectivity index (χ1n) is 10.2. The Kier molecular flexibility index (Phi) is 5.07. The van der Waals surface area contributed by atoms with Gasteiger partial charge in [-0.1, -0.05) is 17.4 Å². The van der Waals surface area contributed by atoms with Crippen LogP contribution in [0.3, 0.4) is 0 Å². The van der Waals surface area contributed by atoms with E-state index in [-0.39, 0.29) is 11.8 Å². The van der Waals surface area contributed by atoms with Crippen molar-refractivity contribution in [2.24, 2.45) is 0 Å². The molecule has 0 unspecified atom stereocenters. The van der Waals surface area contributed by atoms with Crippen molar-refractivity contribution in [2.45, 2.75) is 6.42 Å². The van der Waals surface area contributed by atoms with Crippen molar-refractivity contribution in [3.05, 3.63) is 59.2 Å². The third-order valence-electron chi connectivity index (χ3n) is 5.66. The number of nitrogen functional groups attached to an aromatic ring is 1. The minimum absolute atomic E-state index is 0.0307. The Balaban J connectivity index is 1.19. The van der Waals surface area contributed by atoms with Gasteiger partial charge in [0.1, 0.15) is 5.75 Å². The molecule has 0 saturated carbocycles. The lowest BCUT2D eigenvalue weighted by Gasteiger charge is -2.34. The third kappa shape index (κ3) is 3.98. The number of nitrogens with zero attached hydrogens (tertiary/aromatic N) is 3. The number of carbonyl (C=O) groups is 2. The van der Waals surface area contributed by atoms with E-state index in [0.29, 0.717) is 36.9 Å². The highest BCUT2D eigenvalue weighted by Crippen LogP contribution is 2.27. The van der Waals surface area contributed by atoms with Crippen molar-refractivity contribution in [1.82, 2.24) is 14.8 Å². The Bertz CT molecular complexity index is 1190. The molecule has 158 valence electrons. The van der Waals surface area contributed by atoms with Gasteiger partial charge in [-0.05, 0) is 47.5 Å². The summed E-state index contributed by atoms with van der Waals surface area (Å²) in [6.07, 6.45) is 4.36. The molecule has 2 N–H and O–H groups in total. The van der Waals surface area contributed by atoms with Gasteiger partial charge in [-0.3, -0.25) is 9.59 Å². The second-order valence-electron chi connectivity index (χ2n) is 7.65. The van der Waals surface area contributed by atoms with Crippen LogP contribution in [0, 0.1) is 0 Å². The van der Waals surface area contributed by atoms with Gasteiger partial charge >= 0.3 is 0 Å². The Labute approximate surface area is 183 Å². The molecular formula is C23H22N4O3S. The molecule has 1 fully saturated rings. The van der Waals surface area contributed by atoms with Crippen LogP contribution in [-0.4, -0.2) is 59.4 Å². The Morgan fingerprint density at radius 2 is 1.87 bits per heavy atom. The number of ether oxygens (including phenoxy) is 1. The number of benzene rings is 2. The lowest BCUT2D eigenvalue weighted by Crippen LogP contribution is -2.50. The molecule has 3 heterocycles. The fraction of sp³-hybridized carbons (Fsp3) is 0.261. The highest BCUT2D eigenvalue weighted by atomic mass is 32.1. The Morgan fingerprint density at radius 3 is 2.71 bits per heavy atom. The Hall–Kier alpha value is -3.39. The maximum atomic E-state index is 12.9. The zero-order valence-corrected chi connectivity index (χ0v) is 17.7. The van der Waals surface area contributed by atoms with Crippen LogP contribution in [0.25, 0.3) is 16.3 Å². The SMILES string of the molecule is Nc1nc2ccc(C(=O)N3CCN(C(=O)/C=C/c4ccc5c(c4)CCO5)CC3)cc2s1. The van der Waals surface area contributed by atoms with Crippen LogP contribution < -0.4 is 10.5 Å². The van der Waals surface area contributed by atoms with Gasteiger partial charge in [0, 0.05) is 44.2 Å². The van der Waals surface area contributed by atoms with Gasteiger partial charge < -0.3 is 20.3 Å². The number of hydrogen-bond donors (Lipinski definition) is 1. The Morgan fingerprint density at radius 1 is 1.06 bits per heavy atom. The standard InChI is InChI=1S/C23H22N4O3S/c24-23-25-18-4-3-17(14-20(18)31-23)22(29)27-10-8-26(9-11-27)21(28)6-2-15-1-5-19-16(13-15)7-12-30-19/h1-6,13-14H,7-12H2,(H2,24,25)/b6-2+. The van der Waals surface area contributed by atoms with E-state index in [2.05, 4.69) is 11.1 Å². The van der Waals surface area contributed by atoms with Gasteiger partial charge in [-0.25, -0.2) is 4.98 Å². The predicted octanol–water partition coefficient (Wildman–Crippen LogP) is 2.81. The van der Waals surface area contributed by atoms with Crippen LogP contribution in [0.15, 0.2) is 42.5 Å². The van der Waals surface area contributed by atoms with Gasteiger partial charge in [0.05, 0.1) is 16.8 Å². The molecule has 0 radical (unpaired) electrons. The zero-order valence-electron chi connectivity index (χ0n) is 16.9. The van der Waals surface area contributed by atoms with E-state index in [0.717, 1.165) is 34.6 Å². The molecule has 5 rings (SSSR count). The van der Waals surface area contributed by atoms with Crippen molar-refractivity contribution in [3.8, 4) is 5.75 Å².